The Morgan fingerprint density at radius 1 is 1.28 bits per heavy atom. The van der Waals surface area contributed by atoms with Crippen LogP contribution in [0.1, 0.15) is 38.3 Å². The van der Waals surface area contributed by atoms with Crippen molar-refractivity contribution >= 4 is 23.3 Å². The summed E-state index contributed by atoms with van der Waals surface area (Å²) < 4.78 is 2.37. The lowest BCUT2D eigenvalue weighted by molar-refractivity contribution is 0.616. The standard InChI is InChI=1S/C15H20N2.ClH/c1-11(2)17-10-12(9-16-13-7-8-13)14-5-3-4-6-15(14)17;/h3-6,10-11,13,16H,7-9H2,1-2H3;1H. The minimum Gasteiger partial charge on any atom is -0.345 e. The van der Waals surface area contributed by atoms with Gasteiger partial charge in [-0.1, -0.05) is 18.2 Å². The number of halogens is 1. The summed E-state index contributed by atoms with van der Waals surface area (Å²) in [5, 5.41) is 5.00. The van der Waals surface area contributed by atoms with Gasteiger partial charge in [-0.25, -0.2) is 0 Å². The Morgan fingerprint density at radius 3 is 2.67 bits per heavy atom. The van der Waals surface area contributed by atoms with Crippen molar-refractivity contribution < 1.29 is 0 Å². The van der Waals surface area contributed by atoms with Gasteiger partial charge in [0.2, 0.25) is 0 Å². The van der Waals surface area contributed by atoms with Gasteiger partial charge in [-0.05, 0) is 38.3 Å². The van der Waals surface area contributed by atoms with E-state index in [-0.39, 0.29) is 12.4 Å². The third kappa shape index (κ3) is 2.55. The predicted molar refractivity (Wildman–Crippen MR) is 79.4 cm³/mol. The third-order valence-electron chi connectivity index (χ3n) is 3.54. The quantitative estimate of drug-likeness (QED) is 0.886. The van der Waals surface area contributed by atoms with Crippen LogP contribution in [0, 0.1) is 0 Å². The fourth-order valence-corrected chi connectivity index (χ4v) is 2.39. The molecule has 0 aliphatic heterocycles. The molecule has 0 spiro atoms. The number of rotatable bonds is 4. The first-order chi connectivity index (χ1) is 8.25. The second-order valence-corrected chi connectivity index (χ2v) is 5.33. The number of nitrogens with one attached hydrogen (secondary N) is 1. The molecule has 18 heavy (non-hydrogen) atoms. The number of hydrogen-bond donors (Lipinski definition) is 1. The molecule has 1 saturated carbocycles. The fourth-order valence-electron chi connectivity index (χ4n) is 2.39. The van der Waals surface area contributed by atoms with Crippen molar-refractivity contribution in [2.24, 2.45) is 0 Å². The van der Waals surface area contributed by atoms with Crippen LogP contribution in [0.25, 0.3) is 10.9 Å². The SMILES string of the molecule is CC(C)n1cc(CNC2CC2)c2ccccc21.Cl. The fraction of sp³-hybridized carbons (Fsp3) is 0.467. The maximum Gasteiger partial charge on any atom is 0.0486 e. The number of aromatic nitrogens is 1. The Bertz CT molecular complexity index is 526. The van der Waals surface area contributed by atoms with Gasteiger partial charge in [-0.3, -0.25) is 0 Å². The molecule has 2 nitrogen and oxygen atoms in total. The van der Waals surface area contributed by atoms with Crippen molar-refractivity contribution in [1.82, 2.24) is 9.88 Å². The smallest absolute Gasteiger partial charge is 0.0486 e. The molecule has 1 aliphatic carbocycles. The first-order valence-electron chi connectivity index (χ1n) is 6.57. The molecule has 3 heteroatoms. The molecule has 98 valence electrons. The molecule has 1 heterocycles. The van der Waals surface area contributed by atoms with Gasteiger partial charge in [0.25, 0.3) is 0 Å². The van der Waals surface area contributed by atoms with Crippen molar-refractivity contribution in [3.8, 4) is 0 Å². The van der Waals surface area contributed by atoms with Crippen molar-refractivity contribution in [2.45, 2.75) is 45.3 Å². The summed E-state index contributed by atoms with van der Waals surface area (Å²) in [6.07, 6.45) is 5.01. The average Bonchev–Trinajstić information content (AvgIpc) is 3.07. The Morgan fingerprint density at radius 2 is 2.00 bits per heavy atom. The summed E-state index contributed by atoms with van der Waals surface area (Å²) in [5.74, 6) is 0. The highest BCUT2D eigenvalue weighted by Gasteiger charge is 2.20. The molecule has 3 rings (SSSR count). The Labute approximate surface area is 115 Å². The highest BCUT2D eigenvalue weighted by molar-refractivity contribution is 5.85. The molecule has 1 aromatic carbocycles. The van der Waals surface area contributed by atoms with Crippen LogP contribution in [0.15, 0.2) is 30.5 Å². The van der Waals surface area contributed by atoms with Gasteiger partial charge in [0.05, 0.1) is 0 Å². The number of hydrogen-bond acceptors (Lipinski definition) is 1. The molecular weight excluding hydrogens is 244 g/mol. The van der Waals surface area contributed by atoms with Crippen LogP contribution in [-0.2, 0) is 6.54 Å². The summed E-state index contributed by atoms with van der Waals surface area (Å²) in [6.45, 7) is 5.49. The molecule has 1 fully saturated rings. The maximum absolute atomic E-state index is 3.60. The summed E-state index contributed by atoms with van der Waals surface area (Å²) >= 11 is 0. The minimum atomic E-state index is 0. The van der Waals surface area contributed by atoms with Crippen LogP contribution < -0.4 is 5.32 Å². The molecule has 0 unspecified atom stereocenters. The first-order valence-corrected chi connectivity index (χ1v) is 6.57. The van der Waals surface area contributed by atoms with Gasteiger partial charge in [-0.15, -0.1) is 12.4 Å². The van der Waals surface area contributed by atoms with Gasteiger partial charge in [-0.2, -0.15) is 0 Å². The van der Waals surface area contributed by atoms with Gasteiger partial charge < -0.3 is 9.88 Å². The number of nitrogens with zero attached hydrogens (tertiary/aromatic N) is 1. The van der Waals surface area contributed by atoms with E-state index in [1.807, 2.05) is 0 Å². The van der Waals surface area contributed by atoms with Crippen LogP contribution >= 0.6 is 12.4 Å². The Kier molecular flexibility index (Phi) is 3.98. The number of para-hydroxylation sites is 1. The van der Waals surface area contributed by atoms with Crippen LogP contribution in [0.4, 0.5) is 0 Å². The van der Waals surface area contributed by atoms with E-state index >= 15 is 0 Å². The Hall–Kier alpha value is -0.990. The lowest BCUT2D eigenvalue weighted by Gasteiger charge is -2.08. The highest BCUT2D eigenvalue weighted by Crippen LogP contribution is 2.26. The molecular formula is C15H21ClN2. The first kappa shape index (κ1) is 13.4. The zero-order chi connectivity index (χ0) is 11.8. The van der Waals surface area contributed by atoms with Gasteiger partial charge in [0.1, 0.15) is 0 Å². The second-order valence-electron chi connectivity index (χ2n) is 5.33. The van der Waals surface area contributed by atoms with Crippen LogP contribution in [0.2, 0.25) is 0 Å². The van der Waals surface area contributed by atoms with Crippen LogP contribution in [0.3, 0.4) is 0 Å². The zero-order valence-corrected chi connectivity index (χ0v) is 11.8. The third-order valence-corrected chi connectivity index (χ3v) is 3.54. The number of fused-ring (bicyclic) bond motifs is 1. The van der Waals surface area contributed by atoms with E-state index < -0.39 is 0 Å². The lowest BCUT2D eigenvalue weighted by Crippen LogP contribution is -2.14. The summed E-state index contributed by atoms with van der Waals surface area (Å²) in [4.78, 5) is 0. The summed E-state index contributed by atoms with van der Waals surface area (Å²) in [7, 11) is 0. The monoisotopic (exact) mass is 264 g/mol. The van der Waals surface area contributed by atoms with E-state index in [1.54, 1.807) is 0 Å². The van der Waals surface area contributed by atoms with Crippen LogP contribution in [-0.4, -0.2) is 10.6 Å². The molecule has 0 bridgehead atoms. The molecule has 1 aromatic heterocycles. The second kappa shape index (κ2) is 5.33. The topological polar surface area (TPSA) is 17.0 Å². The molecule has 1 aliphatic rings. The van der Waals surface area contributed by atoms with E-state index in [1.165, 1.54) is 29.3 Å². The van der Waals surface area contributed by atoms with E-state index in [0.29, 0.717) is 6.04 Å². The average molecular weight is 265 g/mol. The van der Waals surface area contributed by atoms with Crippen molar-refractivity contribution in [3.05, 3.63) is 36.0 Å². The van der Waals surface area contributed by atoms with Crippen molar-refractivity contribution in [3.63, 3.8) is 0 Å². The normalized spacial score (nSPS) is 15.1. The van der Waals surface area contributed by atoms with Gasteiger partial charge >= 0.3 is 0 Å². The Balaban J connectivity index is 0.00000120. The van der Waals surface area contributed by atoms with E-state index in [4.69, 9.17) is 0 Å². The van der Waals surface area contributed by atoms with E-state index in [9.17, 15) is 0 Å². The molecule has 0 saturated heterocycles. The molecule has 2 aromatic rings. The van der Waals surface area contributed by atoms with E-state index in [2.05, 4.69) is 54.2 Å². The molecule has 0 radical (unpaired) electrons. The van der Waals surface area contributed by atoms with E-state index in [0.717, 1.165) is 12.6 Å². The minimum absolute atomic E-state index is 0. The summed E-state index contributed by atoms with van der Waals surface area (Å²) in [5.41, 5.74) is 2.79. The van der Waals surface area contributed by atoms with Gasteiger partial charge in [0.15, 0.2) is 0 Å². The molecule has 1 N–H and O–H groups in total. The maximum atomic E-state index is 3.60. The number of benzene rings is 1. The summed E-state index contributed by atoms with van der Waals surface area (Å²) in [6, 6.07) is 10.0. The molecule has 0 atom stereocenters. The largest absolute Gasteiger partial charge is 0.345 e. The molecule has 0 amide bonds. The lowest BCUT2D eigenvalue weighted by atomic mass is 10.2. The highest BCUT2D eigenvalue weighted by atomic mass is 35.5. The van der Waals surface area contributed by atoms with Crippen molar-refractivity contribution in [1.29, 1.82) is 0 Å². The van der Waals surface area contributed by atoms with Gasteiger partial charge in [0, 0.05) is 35.7 Å². The zero-order valence-electron chi connectivity index (χ0n) is 11.0. The van der Waals surface area contributed by atoms with Crippen LogP contribution in [0.5, 0.6) is 0 Å². The van der Waals surface area contributed by atoms with Crippen molar-refractivity contribution in [2.75, 3.05) is 0 Å². The predicted octanol–water partition coefficient (Wildman–Crippen LogP) is 3.90.